The van der Waals surface area contributed by atoms with Crippen molar-refractivity contribution in [2.24, 2.45) is 0 Å². The lowest BCUT2D eigenvalue weighted by Crippen LogP contribution is -1.97. The fourth-order valence-electron chi connectivity index (χ4n) is 1.02. The smallest absolute Gasteiger partial charge is 0.269 e. The fraction of sp³-hybridized carbons (Fsp3) is 0.333. The van der Waals surface area contributed by atoms with Crippen LogP contribution in [0.3, 0.4) is 0 Å². The van der Waals surface area contributed by atoms with E-state index in [1.165, 1.54) is 31.4 Å². The van der Waals surface area contributed by atoms with Gasteiger partial charge in [0, 0.05) is 25.4 Å². The highest BCUT2D eigenvalue weighted by Gasteiger charge is 2.16. The van der Waals surface area contributed by atoms with Crippen LogP contribution in [0, 0.1) is 10.1 Å². The molecule has 0 saturated heterocycles. The summed E-state index contributed by atoms with van der Waals surface area (Å²) in [4.78, 5) is 9.97. The second kappa shape index (κ2) is 5.39. The molecule has 0 aliphatic rings. The Labute approximate surface area is 98.7 Å². The minimum Gasteiger partial charge on any atom is -0.443 e. The minimum absolute atomic E-state index is 0.0227. The largest absolute Gasteiger partial charge is 0.443 e. The molecule has 0 bridgehead atoms. The molecule has 0 radical (unpaired) electrons. The summed E-state index contributed by atoms with van der Waals surface area (Å²) in [7, 11) is 1.51. The molecular weight excluding hydrogens is 249 g/mol. The van der Waals surface area contributed by atoms with Crippen molar-refractivity contribution in [3.05, 3.63) is 34.4 Å². The highest BCUT2D eigenvalue weighted by Crippen LogP contribution is 2.47. The van der Waals surface area contributed by atoms with Crippen molar-refractivity contribution in [3.63, 3.8) is 0 Å². The van der Waals surface area contributed by atoms with E-state index in [1.807, 2.05) is 6.92 Å². The van der Waals surface area contributed by atoms with E-state index in [0.717, 1.165) is 0 Å². The van der Waals surface area contributed by atoms with Crippen LogP contribution < -0.4 is 4.52 Å². The third-order valence-electron chi connectivity index (χ3n) is 1.96. The number of nitro benzene ring substituents is 1. The van der Waals surface area contributed by atoms with Crippen molar-refractivity contribution in [2.45, 2.75) is 6.92 Å². The SMILES string of the molecule is CCP(=S)(OC)Oc1ccc([N+](=O)[O-])cc1. The van der Waals surface area contributed by atoms with Crippen LogP contribution in [0.2, 0.25) is 0 Å². The predicted molar refractivity (Wildman–Crippen MR) is 65.6 cm³/mol. The second-order valence-electron chi connectivity index (χ2n) is 2.95. The lowest BCUT2D eigenvalue weighted by Gasteiger charge is -2.19. The Morgan fingerprint density at radius 2 is 2.00 bits per heavy atom. The predicted octanol–water partition coefficient (Wildman–Crippen LogP) is 2.95. The van der Waals surface area contributed by atoms with Crippen molar-refractivity contribution < 1.29 is 14.0 Å². The van der Waals surface area contributed by atoms with Crippen molar-refractivity contribution in [3.8, 4) is 5.75 Å². The van der Waals surface area contributed by atoms with Gasteiger partial charge in [-0.05, 0) is 23.9 Å². The van der Waals surface area contributed by atoms with Gasteiger partial charge in [0.05, 0.1) is 4.92 Å². The molecule has 0 N–H and O–H groups in total. The number of rotatable bonds is 5. The van der Waals surface area contributed by atoms with Gasteiger partial charge in [-0.3, -0.25) is 10.1 Å². The summed E-state index contributed by atoms with van der Waals surface area (Å²) in [5.41, 5.74) is 0.0227. The molecule has 0 fully saturated rings. The molecule has 1 aromatic carbocycles. The van der Waals surface area contributed by atoms with Crippen molar-refractivity contribution in [1.29, 1.82) is 0 Å². The zero-order chi connectivity index (χ0) is 12.2. The topological polar surface area (TPSA) is 61.6 Å². The van der Waals surface area contributed by atoms with Gasteiger partial charge < -0.3 is 9.05 Å². The van der Waals surface area contributed by atoms with E-state index in [2.05, 4.69) is 0 Å². The van der Waals surface area contributed by atoms with E-state index in [4.69, 9.17) is 20.9 Å². The first-order chi connectivity index (χ1) is 7.50. The maximum atomic E-state index is 10.4. The summed E-state index contributed by atoms with van der Waals surface area (Å²) < 4.78 is 10.7. The molecule has 1 aromatic rings. The molecule has 1 unspecified atom stereocenters. The zero-order valence-electron chi connectivity index (χ0n) is 8.95. The Balaban J connectivity index is 2.83. The molecule has 0 spiro atoms. The normalized spacial score (nSPS) is 14.1. The molecule has 7 heteroatoms. The summed E-state index contributed by atoms with van der Waals surface area (Å²) >= 11 is 5.20. The lowest BCUT2D eigenvalue weighted by molar-refractivity contribution is -0.384. The maximum absolute atomic E-state index is 10.4. The van der Waals surface area contributed by atoms with Crippen LogP contribution in [0.5, 0.6) is 5.75 Å². The third kappa shape index (κ3) is 3.27. The average molecular weight is 261 g/mol. The van der Waals surface area contributed by atoms with Gasteiger partial charge in [-0.2, -0.15) is 0 Å². The fourth-order valence-corrected chi connectivity index (χ4v) is 2.18. The highest BCUT2D eigenvalue weighted by atomic mass is 32.5. The summed E-state index contributed by atoms with van der Waals surface area (Å²) in [6.45, 7) is -0.394. The third-order valence-corrected chi connectivity index (χ3v) is 5.22. The van der Waals surface area contributed by atoms with E-state index in [9.17, 15) is 10.1 Å². The molecular formula is C9H12NO4PS. The number of hydrogen-bond acceptors (Lipinski definition) is 5. The van der Waals surface area contributed by atoms with Gasteiger partial charge in [-0.15, -0.1) is 0 Å². The Kier molecular flexibility index (Phi) is 4.41. The Hall–Kier alpha value is -0.970. The van der Waals surface area contributed by atoms with E-state index >= 15 is 0 Å². The average Bonchev–Trinajstić information content (AvgIpc) is 2.29. The van der Waals surface area contributed by atoms with Crippen LogP contribution in [-0.4, -0.2) is 18.2 Å². The second-order valence-corrected chi connectivity index (χ2v) is 7.02. The number of nitro groups is 1. The first-order valence-electron chi connectivity index (χ1n) is 4.59. The van der Waals surface area contributed by atoms with Gasteiger partial charge in [-0.1, -0.05) is 6.92 Å². The van der Waals surface area contributed by atoms with Crippen LogP contribution in [0.25, 0.3) is 0 Å². The molecule has 0 aliphatic carbocycles. The van der Waals surface area contributed by atoms with Crippen LogP contribution >= 0.6 is 6.49 Å². The van der Waals surface area contributed by atoms with Crippen LogP contribution in [-0.2, 0) is 16.3 Å². The summed E-state index contributed by atoms with van der Waals surface area (Å²) in [5, 5.41) is 10.4. The first kappa shape index (κ1) is 13.1. The van der Waals surface area contributed by atoms with Gasteiger partial charge in [-0.25, -0.2) is 0 Å². The van der Waals surface area contributed by atoms with Crippen molar-refractivity contribution >= 4 is 24.0 Å². The van der Waals surface area contributed by atoms with Gasteiger partial charge >= 0.3 is 0 Å². The molecule has 0 aromatic heterocycles. The molecule has 1 atom stereocenters. The maximum Gasteiger partial charge on any atom is 0.269 e. The summed E-state index contributed by atoms with van der Waals surface area (Å²) in [6.07, 6.45) is 0.607. The van der Waals surface area contributed by atoms with E-state index < -0.39 is 11.4 Å². The van der Waals surface area contributed by atoms with Crippen LogP contribution in [0.1, 0.15) is 6.92 Å². The number of nitrogens with zero attached hydrogens (tertiary/aromatic N) is 1. The Morgan fingerprint density at radius 1 is 1.44 bits per heavy atom. The minimum atomic E-state index is -2.28. The van der Waals surface area contributed by atoms with Gasteiger partial charge in [0.15, 0.2) is 0 Å². The molecule has 0 amide bonds. The van der Waals surface area contributed by atoms with Crippen molar-refractivity contribution in [2.75, 3.05) is 13.3 Å². The van der Waals surface area contributed by atoms with Gasteiger partial charge in [0.1, 0.15) is 5.75 Å². The van der Waals surface area contributed by atoms with Crippen LogP contribution in [0.15, 0.2) is 24.3 Å². The molecule has 0 saturated carbocycles. The molecule has 0 heterocycles. The summed E-state index contributed by atoms with van der Waals surface area (Å²) in [5.74, 6) is 0.498. The molecule has 88 valence electrons. The quantitative estimate of drug-likeness (QED) is 0.463. The number of benzene rings is 1. The number of non-ortho nitro benzene ring substituents is 1. The molecule has 16 heavy (non-hydrogen) atoms. The Morgan fingerprint density at radius 3 is 2.38 bits per heavy atom. The van der Waals surface area contributed by atoms with E-state index in [0.29, 0.717) is 11.9 Å². The van der Waals surface area contributed by atoms with E-state index in [1.54, 1.807) is 0 Å². The monoisotopic (exact) mass is 261 g/mol. The molecule has 1 rings (SSSR count). The van der Waals surface area contributed by atoms with E-state index in [-0.39, 0.29) is 5.69 Å². The standard InChI is InChI=1S/C9H12NO4PS/c1-3-15(16,13-2)14-9-6-4-8(5-7-9)10(11)12/h4-7H,3H2,1-2H3. The van der Waals surface area contributed by atoms with Crippen molar-refractivity contribution in [1.82, 2.24) is 0 Å². The van der Waals surface area contributed by atoms with Crippen LogP contribution in [0.4, 0.5) is 5.69 Å². The summed E-state index contributed by atoms with van der Waals surface area (Å²) in [6, 6.07) is 5.79. The Bertz CT molecular complexity index is 412. The highest BCUT2D eigenvalue weighted by molar-refractivity contribution is 8.10. The first-order valence-corrected chi connectivity index (χ1v) is 7.42. The van der Waals surface area contributed by atoms with Gasteiger partial charge in [0.2, 0.25) is 6.49 Å². The number of hydrogen-bond donors (Lipinski definition) is 0. The molecule has 0 aliphatic heterocycles. The zero-order valence-corrected chi connectivity index (χ0v) is 10.7. The van der Waals surface area contributed by atoms with Gasteiger partial charge in [0.25, 0.3) is 5.69 Å². The lowest BCUT2D eigenvalue weighted by atomic mass is 10.3. The molecule has 5 nitrogen and oxygen atoms in total.